The Morgan fingerprint density at radius 2 is 2.08 bits per heavy atom. The predicted octanol–water partition coefficient (Wildman–Crippen LogP) is 4.09. The molecule has 0 radical (unpaired) electrons. The third kappa shape index (κ3) is 4.13. The third-order valence-electron chi connectivity index (χ3n) is 7.20. The standard InChI is InChI=1S/C24H27Cl2N7O2S/c1-10(2)28-23(35)15-11-3-4-12(7-11)16(15)29-17-14(25)8-27-21-18(17)30-22(32-21)19-20(26)31-24(36-19)33-6-5-13(34)9-33/h3-4,8,10-13,15-16,34H,5-7,9H2,1-2H3,(H,28,35)(H2,27,29,30,32). The predicted molar refractivity (Wildman–Crippen MR) is 143 cm³/mol. The number of thiazole rings is 1. The lowest BCUT2D eigenvalue weighted by molar-refractivity contribution is -0.126. The summed E-state index contributed by atoms with van der Waals surface area (Å²) in [5.41, 5.74) is 1.84. The molecule has 12 heteroatoms. The number of H-pyrrole nitrogens is 1. The van der Waals surface area contributed by atoms with Crippen LogP contribution in [0.5, 0.6) is 0 Å². The van der Waals surface area contributed by atoms with Crippen LogP contribution in [0.25, 0.3) is 21.9 Å². The van der Waals surface area contributed by atoms with Crippen LogP contribution in [0.3, 0.4) is 0 Å². The van der Waals surface area contributed by atoms with Gasteiger partial charge in [-0.05, 0) is 38.5 Å². The Balaban J connectivity index is 1.33. The number of aliphatic hydroxyl groups excluding tert-OH is 1. The van der Waals surface area contributed by atoms with Gasteiger partial charge < -0.3 is 25.6 Å². The summed E-state index contributed by atoms with van der Waals surface area (Å²) in [5, 5.41) is 18.1. The van der Waals surface area contributed by atoms with Gasteiger partial charge in [0, 0.05) is 25.2 Å². The lowest BCUT2D eigenvalue weighted by Gasteiger charge is -2.30. The van der Waals surface area contributed by atoms with Gasteiger partial charge in [0.15, 0.2) is 21.8 Å². The molecule has 4 N–H and O–H groups in total. The van der Waals surface area contributed by atoms with Gasteiger partial charge in [0.1, 0.15) is 10.4 Å². The second-order valence-corrected chi connectivity index (χ2v) is 11.8. The molecule has 6 rings (SSSR count). The Kier molecular flexibility index (Phi) is 6.10. The number of amides is 1. The van der Waals surface area contributed by atoms with Gasteiger partial charge in [0.25, 0.3) is 0 Å². The summed E-state index contributed by atoms with van der Waals surface area (Å²) in [6, 6.07) is -0.0145. The van der Waals surface area contributed by atoms with Crippen LogP contribution < -0.4 is 15.5 Å². The highest BCUT2D eigenvalue weighted by Crippen LogP contribution is 2.46. The van der Waals surface area contributed by atoms with Crippen molar-refractivity contribution in [2.75, 3.05) is 23.3 Å². The fourth-order valence-electron chi connectivity index (χ4n) is 5.59. The topological polar surface area (TPSA) is 119 Å². The van der Waals surface area contributed by atoms with Crippen molar-refractivity contribution in [3.05, 3.63) is 28.5 Å². The van der Waals surface area contributed by atoms with Gasteiger partial charge in [0.2, 0.25) is 5.91 Å². The van der Waals surface area contributed by atoms with Crippen molar-refractivity contribution in [3.8, 4) is 10.7 Å². The van der Waals surface area contributed by atoms with Crippen LogP contribution in [-0.4, -0.2) is 62.2 Å². The van der Waals surface area contributed by atoms with Gasteiger partial charge in [0.05, 0.1) is 28.9 Å². The first-order valence-corrected chi connectivity index (χ1v) is 13.7. The third-order valence-corrected chi connectivity index (χ3v) is 9.00. The van der Waals surface area contributed by atoms with Crippen LogP contribution in [0, 0.1) is 17.8 Å². The summed E-state index contributed by atoms with van der Waals surface area (Å²) in [6.45, 7) is 5.22. The number of aromatic amines is 1. The highest BCUT2D eigenvalue weighted by molar-refractivity contribution is 7.19. The molecule has 36 heavy (non-hydrogen) atoms. The van der Waals surface area contributed by atoms with Crippen LogP contribution in [0.4, 0.5) is 10.8 Å². The average molecular weight is 549 g/mol. The number of hydrogen-bond donors (Lipinski definition) is 4. The van der Waals surface area contributed by atoms with Crippen molar-refractivity contribution in [2.24, 2.45) is 17.8 Å². The summed E-state index contributed by atoms with van der Waals surface area (Å²) >= 11 is 14.6. The molecular weight excluding hydrogens is 521 g/mol. The van der Waals surface area contributed by atoms with Crippen LogP contribution in [0.1, 0.15) is 26.7 Å². The number of allylic oxidation sites excluding steroid dienone is 1. The number of pyridine rings is 1. The maximum Gasteiger partial charge on any atom is 0.225 e. The number of carbonyl (C=O) groups is 1. The molecule has 0 spiro atoms. The smallest absolute Gasteiger partial charge is 0.225 e. The fourth-order valence-corrected chi connectivity index (χ4v) is 7.06. The first-order valence-electron chi connectivity index (χ1n) is 12.2. The number of carbonyl (C=O) groups excluding carboxylic acids is 1. The number of rotatable bonds is 6. The lowest BCUT2D eigenvalue weighted by Crippen LogP contribution is -2.45. The number of aliphatic hydroxyl groups is 1. The van der Waals surface area contributed by atoms with Gasteiger partial charge in [-0.1, -0.05) is 46.7 Å². The second-order valence-electron chi connectivity index (χ2n) is 10.1. The van der Waals surface area contributed by atoms with E-state index in [2.05, 4.69) is 42.7 Å². The van der Waals surface area contributed by atoms with E-state index in [1.54, 1.807) is 6.20 Å². The molecule has 2 fully saturated rings. The Morgan fingerprint density at radius 3 is 2.83 bits per heavy atom. The summed E-state index contributed by atoms with van der Waals surface area (Å²) in [6.07, 6.45) is 7.24. The zero-order valence-corrected chi connectivity index (χ0v) is 22.2. The van der Waals surface area contributed by atoms with E-state index in [1.807, 2.05) is 18.7 Å². The zero-order valence-electron chi connectivity index (χ0n) is 19.8. The number of hydrogen-bond acceptors (Lipinski definition) is 8. The van der Waals surface area contributed by atoms with Crippen molar-refractivity contribution in [1.29, 1.82) is 0 Å². The number of imidazole rings is 1. The summed E-state index contributed by atoms with van der Waals surface area (Å²) in [4.78, 5) is 32.7. The molecule has 1 saturated carbocycles. The van der Waals surface area contributed by atoms with Gasteiger partial charge >= 0.3 is 0 Å². The lowest BCUT2D eigenvalue weighted by atomic mass is 9.87. The molecule has 3 aromatic heterocycles. The molecular formula is C24H27Cl2N7O2S. The van der Waals surface area contributed by atoms with E-state index in [0.29, 0.717) is 50.7 Å². The Morgan fingerprint density at radius 1 is 1.28 bits per heavy atom. The van der Waals surface area contributed by atoms with Crippen LogP contribution in [0.15, 0.2) is 18.3 Å². The number of nitrogens with zero attached hydrogens (tertiary/aromatic N) is 4. The SMILES string of the molecule is CC(C)NC(=O)C1C2C=CC(C2)C1Nc1c(Cl)cnc2nc(-c3sc(N4CCC(O)C4)nc3Cl)[nH]c12. The Labute approximate surface area is 222 Å². The van der Waals surface area contributed by atoms with E-state index in [-0.39, 0.29) is 41.8 Å². The maximum atomic E-state index is 13.1. The molecule has 1 saturated heterocycles. The van der Waals surface area contributed by atoms with Crippen LogP contribution in [0.2, 0.25) is 10.2 Å². The highest BCUT2D eigenvalue weighted by Gasteiger charge is 2.48. The molecule has 2 bridgehead atoms. The number of anilines is 2. The normalized spacial score (nSPS) is 27.1. The Hall–Kier alpha value is -2.40. The van der Waals surface area contributed by atoms with E-state index in [1.165, 1.54) is 11.3 Å². The molecule has 2 aliphatic carbocycles. The summed E-state index contributed by atoms with van der Waals surface area (Å²) < 4.78 is 0. The minimum atomic E-state index is -0.352. The van der Waals surface area contributed by atoms with Crippen molar-refractivity contribution in [1.82, 2.24) is 25.3 Å². The van der Waals surface area contributed by atoms with Crippen LogP contribution >= 0.6 is 34.5 Å². The maximum absolute atomic E-state index is 13.1. The number of nitrogens with one attached hydrogen (secondary N) is 3. The van der Waals surface area contributed by atoms with Gasteiger partial charge in [-0.25, -0.2) is 15.0 Å². The van der Waals surface area contributed by atoms with Crippen molar-refractivity contribution < 1.29 is 9.90 Å². The summed E-state index contributed by atoms with van der Waals surface area (Å²) in [7, 11) is 0. The number of β-amino-alcohol motifs (C(OH)–C–C–N with tert-alkyl or cyclic N) is 1. The van der Waals surface area contributed by atoms with Crippen molar-refractivity contribution in [2.45, 2.75) is 44.9 Å². The number of halogens is 2. The van der Waals surface area contributed by atoms with E-state index in [4.69, 9.17) is 23.2 Å². The van der Waals surface area contributed by atoms with Gasteiger partial charge in [-0.3, -0.25) is 4.79 Å². The van der Waals surface area contributed by atoms with E-state index < -0.39 is 0 Å². The first kappa shape index (κ1) is 24.0. The summed E-state index contributed by atoms with van der Waals surface area (Å²) in [5.74, 6) is 0.880. The first-order chi connectivity index (χ1) is 17.3. The molecule has 5 unspecified atom stereocenters. The zero-order chi connectivity index (χ0) is 25.1. The molecule has 4 heterocycles. The van der Waals surface area contributed by atoms with Gasteiger partial charge in [-0.2, -0.15) is 0 Å². The molecule has 5 atom stereocenters. The number of fused-ring (bicyclic) bond motifs is 3. The second kappa shape index (κ2) is 9.16. The minimum absolute atomic E-state index is 0.0575. The number of aromatic nitrogens is 4. The molecule has 0 aromatic carbocycles. The monoisotopic (exact) mass is 547 g/mol. The van der Waals surface area contributed by atoms with E-state index >= 15 is 0 Å². The molecule has 190 valence electrons. The minimum Gasteiger partial charge on any atom is -0.391 e. The molecule has 1 amide bonds. The molecule has 1 aliphatic heterocycles. The molecule has 3 aromatic rings. The average Bonchev–Trinajstić information content (AvgIpc) is 3.63. The fraction of sp³-hybridized carbons (Fsp3) is 0.500. The Bertz CT molecular complexity index is 1360. The molecule has 9 nitrogen and oxygen atoms in total. The van der Waals surface area contributed by atoms with E-state index in [0.717, 1.165) is 18.1 Å². The molecule has 3 aliphatic rings. The largest absolute Gasteiger partial charge is 0.391 e. The highest BCUT2D eigenvalue weighted by atomic mass is 35.5. The van der Waals surface area contributed by atoms with Crippen molar-refractivity contribution in [3.63, 3.8) is 0 Å². The van der Waals surface area contributed by atoms with E-state index in [9.17, 15) is 9.90 Å². The van der Waals surface area contributed by atoms with Crippen molar-refractivity contribution >= 4 is 62.4 Å². The quantitative estimate of drug-likeness (QED) is 0.343. The van der Waals surface area contributed by atoms with Gasteiger partial charge in [-0.15, -0.1) is 0 Å². The van der Waals surface area contributed by atoms with Crippen LogP contribution in [-0.2, 0) is 4.79 Å².